The zero-order valence-corrected chi connectivity index (χ0v) is 12.9. The molecule has 0 unspecified atom stereocenters. The Balaban J connectivity index is 2.19. The number of hydrogen-bond donors (Lipinski definition) is 1. The molecule has 0 amide bonds. The van der Waals surface area contributed by atoms with Crippen LogP contribution in [0.25, 0.3) is 0 Å². The Bertz CT molecular complexity index is 457. The molecular weight excluding hydrogens is 276 g/mol. The Morgan fingerprint density at radius 2 is 2.10 bits per heavy atom. The normalized spacial score (nSPS) is 15.7. The highest BCUT2D eigenvalue weighted by atomic mass is 32.2. The largest absolute Gasteiger partial charge is 0.481 e. The molecule has 1 aromatic heterocycles. The van der Waals surface area contributed by atoms with Crippen LogP contribution in [0.5, 0.6) is 0 Å². The van der Waals surface area contributed by atoms with Crippen molar-refractivity contribution in [3.8, 4) is 0 Å². The number of carboxylic acid groups (broad SMARTS) is 1. The van der Waals surface area contributed by atoms with E-state index in [0.717, 1.165) is 19.0 Å². The minimum atomic E-state index is -0.828. The van der Waals surface area contributed by atoms with Crippen LogP contribution in [0, 0.1) is 0 Å². The summed E-state index contributed by atoms with van der Waals surface area (Å²) in [6.45, 7) is 5.84. The number of carboxylic acids is 1. The summed E-state index contributed by atoms with van der Waals surface area (Å²) >= 11 is 1.23. The van der Waals surface area contributed by atoms with Gasteiger partial charge < -0.3 is 10.0 Å². The maximum Gasteiger partial charge on any atom is 0.313 e. The molecular formula is C13H22N4O2S. The third-order valence-electron chi connectivity index (χ3n) is 3.70. The van der Waals surface area contributed by atoms with Crippen molar-refractivity contribution in [2.24, 2.45) is 0 Å². The molecule has 1 N–H and O–H groups in total. The van der Waals surface area contributed by atoms with Crippen LogP contribution < -0.4 is 4.90 Å². The Labute approximate surface area is 123 Å². The predicted octanol–water partition coefficient (Wildman–Crippen LogP) is 2.24. The molecule has 2 rings (SSSR count). The molecule has 0 aromatic carbocycles. The second-order valence-corrected chi connectivity index (χ2v) is 5.88. The number of anilines is 1. The van der Waals surface area contributed by atoms with Gasteiger partial charge in [-0.25, -0.2) is 0 Å². The van der Waals surface area contributed by atoms with Gasteiger partial charge >= 0.3 is 5.97 Å². The van der Waals surface area contributed by atoms with Gasteiger partial charge in [-0.15, -0.1) is 10.2 Å². The molecule has 1 fully saturated rings. The van der Waals surface area contributed by atoms with Crippen molar-refractivity contribution >= 4 is 23.7 Å². The van der Waals surface area contributed by atoms with Gasteiger partial charge in [0, 0.05) is 19.1 Å². The van der Waals surface area contributed by atoms with Gasteiger partial charge in [0.25, 0.3) is 0 Å². The van der Waals surface area contributed by atoms with Gasteiger partial charge in [0.1, 0.15) is 0 Å². The highest BCUT2D eigenvalue weighted by molar-refractivity contribution is 7.99. The number of aromatic nitrogens is 3. The Kier molecular flexibility index (Phi) is 5.28. The molecule has 0 aliphatic heterocycles. The van der Waals surface area contributed by atoms with E-state index in [1.807, 2.05) is 11.5 Å². The van der Waals surface area contributed by atoms with E-state index in [-0.39, 0.29) is 5.75 Å². The van der Waals surface area contributed by atoms with E-state index in [4.69, 9.17) is 5.11 Å². The fourth-order valence-electron chi connectivity index (χ4n) is 2.78. The Morgan fingerprint density at radius 3 is 2.65 bits per heavy atom. The average molecular weight is 298 g/mol. The van der Waals surface area contributed by atoms with Crippen molar-refractivity contribution in [1.29, 1.82) is 0 Å². The molecule has 1 aliphatic carbocycles. The summed E-state index contributed by atoms with van der Waals surface area (Å²) in [5.41, 5.74) is 0. The number of carbonyl (C=O) groups is 1. The third kappa shape index (κ3) is 3.26. The number of hydrogen-bond acceptors (Lipinski definition) is 5. The van der Waals surface area contributed by atoms with E-state index >= 15 is 0 Å². The van der Waals surface area contributed by atoms with Gasteiger partial charge in [-0.2, -0.15) is 0 Å². The van der Waals surface area contributed by atoms with Gasteiger partial charge in [-0.05, 0) is 26.7 Å². The van der Waals surface area contributed by atoms with Gasteiger partial charge in [-0.1, -0.05) is 24.6 Å². The zero-order valence-electron chi connectivity index (χ0n) is 12.1. The highest BCUT2D eigenvalue weighted by Gasteiger charge is 2.26. The molecule has 112 valence electrons. The third-order valence-corrected chi connectivity index (χ3v) is 4.65. The van der Waals surface area contributed by atoms with E-state index in [9.17, 15) is 4.79 Å². The molecule has 0 radical (unpaired) electrons. The van der Waals surface area contributed by atoms with E-state index < -0.39 is 5.97 Å². The van der Waals surface area contributed by atoms with Gasteiger partial charge in [-0.3, -0.25) is 9.36 Å². The lowest BCUT2D eigenvalue weighted by Gasteiger charge is -2.28. The molecule has 1 aliphatic rings. The van der Waals surface area contributed by atoms with E-state index in [2.05, 4.69) is 22.0 Å². The quantitative estimate of drug-likeness (QED) is 0.778. The van der Waals surface area contributed by atoms with Crippen LogP contribution in [0.4, 0.5) is 5.95 Å². The van der Waals surface area contributed by atoms with E-state index in [1.54, 1.807) is 0 Å². The van der Waals surface area contributed by atoms with Gasteiger partial charge in [0.15, 0.2) is 5.16 Å². The first-order valence-corrected chi connectivity index (χ1v) is 8.20. The summed E-state index contributed by atoms with van der Waals surface area (Å²) in [5.74, 6) is 0.0772. The molecule has 0 spiro atoms. The van der Waals surface area contributed by atoms with Crippen molar-refractivity contribution in [3.05, 3.63) is 0 Å². The monoisotopic (exact) mass is 298 g/mol. The summed E-state index contributed by atoms with van der Waals surface area (Å²) in [6.07, 6.45) is 4.98. The highest BCUT2D eigenvalue weighted by Crippen LogP contribution is 2.29. The topological polar surface area (TPSA) is 71.2 Å². The maximum atomic E-state index is 10.7. The fraction of sp³-hybridized carbons (Fsp3) is 0.769. The van der Waals surface area contributed by atoms with Crippen molar-refractivity contribution < 1.29 is 9.90 Å². The van der Waals surface area contributed by atoms with Crippen LogP contribution in [0.1, 0.15) is 39.5 Å². The Hall–Kier alpha value is -1.24. The molecule has 1 saturated carbocycles. The summed E-state index contributed by atoms with van der Waals surface area (Å²) in [6, 6.07) is 0.548. The summed E-state index contributed by atoms with van der Waals surface area (Å²) in [5, 5.41) is 18.0. The van der Waals surface area contributed by atoms with Crippen molar-refractivity contribution in [3.63, 3.8) is 0 Å². The summed E-state index contributed by atoms with van der Waals surface area (Å²) < 4.78 is 2.02. The number of rotatable bonds is 7. The zero-order chi connectivity index (χ0) is 14.5. The number of aliphatic carboxylic acids is 1. The average Bonchev–Trinajstić information content (AvgIpc) is 3.07. The van der Waals surface area contributed by atoms with Gasteiger partial charge in [0.05, 0.1) is 5.75 Å². The lowest BCUT2D eigenvalue weighted by atomic mass is 10.2. The van der Waals surface area contributed by atoms with Crippen LogP contribution in [-0.2, 0) is 11.3 Å². The fourth-order valence-corrected chi connectivity index (χ4v) is 3.50. The molecule has 0 saturated heterocycles. The molecule has 20 heavy (non-hydrogen) atoms. The van der Waals surface area contributed by atoms with Crippen LogP contribution in [0.3, 0.4) is 0 Å². The SMILES string of the molecule is CCN(c1nnc(SCC(=O)O)n1CC)C1CCCC1. The second kappa shape index (κ2) is 6.97. The maximum absolute atomic E-state index is 10.7. The lowest BCUT2D eigenvalue weighted by molar-refractivity contribution is -0.133. The van der Waals surface area contributed by atoms with E-state index in [0.29, 0.717) is 11.2 Å². The molecule has 0 bridgehead atoms. The minimum Gasteiger partial charge on any atom is -0.481 e. The second-order valence-electron chi connectivity index (χ2n) is 4.93. The smallest absolute Gasteiger partial charge is 0.313 e. The van der Waals surface area contributed by atoms with Gasteiger partial charge in [0.2, 0.25) is 5.95 Å². The Morgan fingerprint density at radius 1 is 1.40 bits per heavy atom. The molecule has 0 atom stereocenters. The predicted molar refractivity (Wildman–Crippen MR) is 79.3 cm³/mol. The first-order valence-electron chi connectivity index (χ1n) is 7.21. The minimum absolute atomic E-state index is 0.0215. The number of thioether (sulfide) groups is 1. The lowest BCUT2D eigenvalue weighted by Crippen LogP contribution is -2.35. The van der Waals surface area contributed by atoms with Crippen molar-refractivity contribution in [2.75, 3.05) is 17.2 Å². The molecule has 1 aromatic rings. The molecule has 1 heterocycles. The van der Waals surface area contributed by atoms with E-state index in [1.165, 1.54) is 37.4 Å². The van der Waals surface area contributed by atoms with Crippen LogP contribution in [-0.4, -0.2) is 44.2 Å². The molecule has 6 nitrogen and oxygen atoms in total. The first kappa shape index (κ1) is 15.2. The number of nitrogens with zero attached hydrogens (tertiary/aromatic N) is 4. The van der Waals surface area contributed by atoms with Crippen LogP contribution >= 0.6 is 11.8 Å². The van der Waals surface area contributed by atoms with Crippen molar-refractivity contribution in [2.45, 2.75) is 57.3 Å². The standard InChI is InChI=1S/C13H22N4O2S/c1-3-16(10-7-5-6-8-10)12-14-15-13(17(12)4-2)20-9-11(18)19/h10H,3-9H2,1-2H3,(H,18,19). The van der Waals surface area contributed by atoms with Crippen molar-refractivity contribution in [1.82, 2.24) is 14.8 Å². The first-order chi connectivity index (χ1) is 9.67. The van der Waals surface area contributed by atoms with Crippen LogP contribution in [0.2, 0.25) is 0 Å². The molecule has 7 heteroatoms. The summed E-state index contributed by atoms with van der Waals surface area (Å²) in [7, 11) is 0. The van der Waals surface area contributed by atoms with Crippen LogP contribution in [0.15, 0.2) is 5.16 Å². The summed E-state index contributed by atoms with van der Waals surface area (Å²) in [4.78, 5) is 13.0.